The van der Waals surface area contributed by atoms with E-state index in [2.05, 4.69) is 5.32 Å². The van der Waals surface area contributed by atoms with Gasteiger partial charge in [0, 0.05) is 18.1 Å². The fourth-order valence-electron chi connectivity index (χ4n) is 4.11. The van der Waals surface area contributed by atoms with Crippen LogP contribution < -0.4 is 9.62 Å². The first-order chi connectivity index (χ1) is 18.8. The minimum absolute atomic E-state index is 0.0771. The normalized spacial score (nSPS) is 12.2. The van der Waals surface area contributed by atoms with Crippen molar-refractivity contribution >= 4 is 39.1 Å². The number of benzene rings is 3. The van der Waals surface area contributed by atoms with Crippen LogP contribution in [0.5, 0.6) is 0 Å². The van der Waals surface area contributed by atoms with E-state index in [1.165, 1.54) is 17.0 Å². The molecule has 0 saturated carbocycles. The van der Waals surface area contributed by atoms with Gasteiger partial charge in [0.25, 0.3) is 10.0 Å². The first kappa shape index (κ1) is 31.2. The maximum atomic E-state index is 14.0. The molecule has 3 rings (SSSR count). The van der Waals surface area contributed by atoms with Gasteiger partial charge in [0.15, 0.2) is 0 Å². The standard InChI is InChI=1S/C31H38ClN3O4S/c1-21(2)18-33-31(37)25(6)34(19-26-8-7-9-27(32)17-26)30(36)20-35(28-13-12-23(4)24(5)16-28)40(38,39)29-14-10-22(3)11-15-29/h7-17,21,25H,18-20H2,1-6H3,(H,33,37)/t25-/m0/s1. The summed E-state index contributed by atoms with van der Waals surface area (Å²) in [6.07, 6.45) is 0. The molecule has 1 atom stereocenters. The smallest absolute Gasteiger partial charge is 0.264 e. The quantitative estimate of drug-likeness (QED) is 0.316. The Morgan fingerprint density at radius 2 is 1.57 bits per heavy atom. The lowest BCUT2D eigenvalue weighted by atomic mass is 10.1. The molecule has 0 aliphatic carbocycles. The summed E-state index contributed by atoms with van der Waals surface area (Å²) in [6, 6.07) is 18.0. The molecule has 0 bridgehead atoms. The average molecular weight is 584 g/mol. The van der Waals surface area contributed by atoms with E-state index in [0.29, 0.717) is 17.3 Å². The number of aryl methyl sites for hydroxylation is 3. The third-order valence-electron chi connectivity index (χ3n) is 6.76. The summed E-state index contributed by atoms with van der Waals surface area (Å²) >= 11 is 6.19. The summed E-state index contributed by atoms with van der Waals surface area (Å²) in [5.41, 5.74) is 3.91. The second-order valence-electron chi connectivity index (χ2n) is 10.6. The zero-order valence-electron chi connectivity index (χ0n) is 23.9. The Kier molecular flexibility index (Phi) is 10.4. The molecule has 0 heterocycles. The van der Waals surface area contributed by atoms with Crippen LogP contribution in [-0.4, -0.2) is 44.3 Å². The fourth-order valence-corrected chi connectivity index (χ4v) is 5.73. The molecule has 9 heteroatoms. The highest BCUT2D eigenvalue weighted by Crippen LogP contribution is 2.27. The molecule has 40 heavy (non-hydrogen) atoms. The van der Waals surface area contributed by atoms with Crippen molar-refractivity contribution in [1.82, 2.24) is 10.2 Å². The minimum Gasteiger partial charge on any atom is -0.354 e. The van der Waals surface area contributed by atoms with Crippen LogP contribution in [0.4, 0.5) is 5.69 Å². The van der Waals surface area contributed by atoms with Crippen molar-refractivity contribution in [3.63, 3.8) is 0 Å². The van der Waals surface area contributed by atoms with Crippen molar-refractivity contribution < 1.29 is 18.0 Å². The number of carbonyl (C=O) groups excluding carboxylic acids is 2. The van der Waals surface area contributed by atoms with Gasteiger partial charge in [0.1, 0.15) is 12.6 Å². The van der Waals surface area contributed by atoms with E-state index < -0.39 is 28.5 Å². The zero-order valence-corrected chi connectivity index (χ0v) is 25.5. The Morgan fingerprint density at radius 1 is 0.900 bits per heavy atom. The van der Waals surface area contributed by atoms with Gasteiger partial charge in [-0.25, -0.2) is 8.42 Å². The molecule has 0 spiro atoms. The topological polar surface area (TPSA) is 86.8 Å². The monoisotopic (exact) mass is 583 g/mol. The van der Waals surface area contributed by atoms with Crippen LogP contribution in [0.2, 0.25) is 5.02 Å². The first-order valence-electron chi connectivity index (χ1n) is 13.3. The van der Waals surface area contributed by atoms with Gasteiger partial charge in [-0.15, -0.1) is 0 Å². The Balaban J connectivity index is 2.04. The summed E-state index contributed by atoms with van der Waals surface area (Å²) < 4.78 is 29.0. The molecular weight excluding hydrogens is 546 g/mol. The van der Waals surface area contributed by atoms with E-state index in [1.807, 2.05) is 46.8 Å². The molecule has 0 aliphatic rings. The molecule has 2 amide bonds. The molecule has 214 valence electrons. The number of anilines is 1. The van der Waals surface area contributed by atoms with Crippen molar-refractivity contribution in [3.05, 3.63) is 94.0 Å². The molecule has 0 fully saturated rings. The highest BCUT2D eigenvalue weighted by molar-refractivity contribution is 7.92. The highest BCUT2D eigenvalue weighted by atomic mass is 35.5. The molecule has 3 aromatic rings. The van der Waals surface area contributed by atoms with Gasteiger partial charge in [-0.2, -0.15) is 0 Å². The maximum Gasteiger partial charge on any atom is 0.264 e. The average Bonchev–Trinajstić information content (AvgIpc) is 2.90. The number of carbonyl (C=O) groups is 2. The van der Waals surface area contributed by atoms with Crippen molar-refractivity contribution in [1.29, 1.82) is 0 Å². The summed E-state index contributed by atoms with van der Waals surface area (Å²) in [6.45, 7) is 11.4. The summed E-state index contributed by atoms with van der Waals surface area (Å²) in [5, 5.41) is 3.38. The minimum atomic E-state index is -4.11. The largest absolute Gasteiger partial charge is 0.354 e. The molecule has 0 saturated heterocycles. The number of sulfonamides is 1. The van der Waals surface area contributed by atoms with Crippen LogP contribution in [0.3, 0.4) is 0 Å². The summed E-state index contributed by atoms with van der Waals surface area (Å²) in [4.78, 5) is 28.5. The Bertz CT molecular complexity index is 1460. The number of hydrogen-bond donors (Lipinski definition) is 1. The van der Waals surface area contributed by atoms with E-state index in [9.17, 15) is 18.0 Å². The second-order valence-corrected chi connectivity index (χ2v) is 12.9. The van der Waals surface area contributed by atoms with Crippen LogP contribution in [0.15, 0.2) is 71.6 Å². The fraction of sp³-hybridized carbons (Fsp3) is 0.355. The zero-order chi connectivity index (χ0) is 29.6. The van der Waals surface area contributed by atoms with Crippen LogP contribution in [-0.2, 0) is 26.2 Å². The van der Waals surface area contributed by atoms with Gasteiger partial charge >= 0.3 is 0 Å². The Labute approximate surface area is 243 Å². The SMILES string of the molecule is Cc1ccc(S(=O)(=O)N(CC(=O)N(Cc2cccc(Cl)c2)[C@@H](C)C(=O)NCC(C)C)c2ccc(C)c(C)c2)cc1. The predicted molar refractivity (Wildman–Crippen MR) is 161 cm³/mol. The van der Waals surface area contributed by atoms with Gasteiger partial charge in [-0.05, 0) is 86.7 Å². The van der Waals surface area contributed by atoms with Crippen molar-refractivity contribution in [2.75, 3.05) is 17.4 Å². The highest BCUT2D eigenvalue weighted by Gasteiger charge is 2.32. The van der Waals surface area contributed by atoms with Gasteiger partial charge in [0.2, 0.25) is 11.8 Å². The number of hydrogen-bond acceptors (Lipinski definition) is 4. The predicted octanol–water partition coefficient (Wildman–Crippen LogP) is 5.65. The van der Waals surface area contributed by atoms with E-state index in [-0.39, 0.29) is 23.3 Å². The third kappa shape index (κ3) is 7.86. The summed E-state index contributed by atoms with van der Waals surface area (Å²) in [5.74, 6) is -0.600. The van der Waals surface area contributed by atoms with Crippen LogP contribution >= 0.6 is 11.6 Å². The van der Waals surface area contributed by atoms with Crippen LogP contribution in [0.1, 0.15) is 43.0 Å². The van der Waals surface area contributed by atoms with Crippen molar-refractivity contribution in [2.24, 2.45) is 5.92 Å². The number of amides is 2. The van der Waals surface area contributed by atoms with E-state index >= 15 is 0 Å². The second kappa shape index (κ2) is 13.3. The number of rotatable bonds is 11. The molecule has 0 radical (unpaired) electrons. The molecular formula is C31H38ClN3O4S. The Hall–Kier alpha value is -3.36. The van der Waals surface area contributed by atoms with Crippen LogP contribution in [0, 0.1) is 26.7 Å². The van der Waals surface area contributed by atoms with E-state index in [1.54, 1.807) is 49.4 Å². The molecule has 0 unspecified atom stereocenters. The lowest BCUT2D eigenvalue weighted by molar-refractivity contribution is -0.139. The number of nitrogens with zero attached hydrogens (tertiary/aromatic N) is 2. The number of halogens is 1. The maximum absolute atomic E-state index is 14.0. The van der Waals surface area contributed by atoms with Gasteiger partial charge < -0.3 is 10.2 Å². The molecule has 1 N–H and O–H groups in total. The first-order valence-corrected chi connectivity index (χ1v) is 15.1. The molecule has 3 aromatic carbocycles. The van der Waals surface area contributed by atoms with Crippen molar-refractivity contribution in [3.8, 4) is 0 Å². The van der Waals surface area contributed by atoms with Gasteiger partial charge in [-0.3, -0.25) is 13.9 Å². The Morgan fingerprint density at radius 3 is 2.17 bits per heavy atom. The lowest BCUT2D eigenvalue weighted by Crippen LogP contribution is -2.51. The number of nitrogens with one attached hydrogen (secondary N) is 1. The van der Waals surface area contributed by atoms with Crippen LogP contribution in [0.25, 0.3) is 0 Å². The van der Waals surface area contributed by atoms with Gasteiger partial charge in [-0.1, -0.05) is 61.3 Å². The molecule has 7 nitrogen and oxygen atoms in total. The van der Waals surface area contributed by atoms with E-state index in [4.69, 9.17) is 11.6 Å². The molecule has 0 aromatic heterocycles. The molecule has 0 aliphatic heterocycles. The third-order valence-corrected chi connectivity index (χ3v) is 8.78. The van der Waals surface area contributed by atoms with Gasteiger partial charge in [0.05, 0.1) is 10.6 Å². The van der Waals surface area contributed by atoms with E-state index in [0.717, 1.165) is 26.6 Å². The summed E-state index contributed by atoms with van der Waals surface area (Å²) in [7, 11) is -4.11. The lowest BCUT2D eigenvalue weighted by Gasteiger charge is -2.32. The van der Waals surface area contributed by atoms with Crippen molar-refractivity contribution in [2.45, 2.75) is 59.0 Å².